The summed E-state index contributed by atoms with van der Waals surface area (Å²) >= 11 is 0. The van der Waals surface area contributed by atoms with Gasteiger partial charge in [0.25, 0.3) is 0 Å². The minimum Gasteiger partial charge on any atom is -0.370 e. The van der Waals surface area contributed by atoms with E-state index in [1.807, 2.05) is 0 Å². The van der Waals surface area contributed by atoms with Crippen LogP contribution in [0.15, 0.2) is 0 Å². The number of piperidine rings is 1. The fraction of sp³-hybridized carbons (Fsp3) is 0.917. The summed E-state index contributed by atoms with van der Waals surface area (Å²) in [6.07, 6.45) is 6.90. The molecule has 2 aliphatic rings. The molecule has 3 heteroatoms. The van der Waals surface area contributed by atoms with Gasteiger partial charge in [0.1, 0.15) is 0 Å². The summed E-state index contributed by atoms with van der Waals surface area (Å²) < 4.78 is 0. The minimum atomic E-state index is -0.122. The summed E-state index contributed by atoms with van der Waals surface area (Å²) in [7, 11) is 0. The molecule has 0 aromatic heterocycles. The van der Waals surface area contributed by atoms with Gasteiger partial charge in [-0.2, -0.15) is 0 Å². The highest BCUT2D eigenvalue weighted by molar-refractivity contribution is 5.74. The summed E-state index contributed by atoms with van der Waals surface area (Å²) in [5.41, 5.74) is 5.28. The predicted molar refractivity (Wildman–Crippen MR) is 60.3 cm³/mol. The van der Waals surface area contributed by atoms with Crippen LogP contribution in [0, 0.1) is 5.92 Å². The van der Waals surface area contributed by atoms with E-state index >= 15 is 0 Å². The third-order valence-corrected chi connectivity index (χ3v) is 3.95. The maximum atomic E-state index is 10.9. The summed E-state index contributed by atoms with van der Waals surface area (Å²) in [5, 5.41) is 0. The molecule has 86 valence electrons. The molecule has 1 amide bonds. The van der Waals surface area contributed by atoms with E-state index in [-0.39, 0.29) is 5.91 Å². The largest absolute Gasteiger partial charge is 0.370 e. The van der Waals surface area contributed by atoms with Crippen LogP contribution in [0.4, 0.5) is 0 Å². The van der Waals surface area contributed by atoms with Gasteiger partial charge in [0.05, 0.1) is 0 Å². The lowest BCUT2D eigenvalue weighted by Crippen LogP contribution is -2.43. The molecule has 2 N–H and O–H groups in total. The molecule has 3 nitrogen and oxygen atoms in total. The number of carbonyl (C=O) groups is 1. The highest BCUT2D eigenvalue weighted by Gasteiger charge is 2.40. The summed E-state index contributed by atoms with van der Waals surface area (Å²) in [6.45, 7) is 3.48. The monoisotopic (exact) mass is 210 g/mol. The summed E-state index contributed by atoms with van der Waals surface area (Å²) in [6, 6.07) is 1.49. The van der Waals surface area contributed by atoms with Gasteiger partial charge >= 0.3 is 0 Å². The predicted octanol–water partition coefficient (Wildman–Crippen LogP) is 1.51. The molecule has 15 heavy (non-hydrogen) atoms. The maximum absolute atomic E-state index is 10.9. The summed E-state index contributed by atoms with van der Waals surface area (Å²) in [5.74, 6) is 0.441. The van der Waals surface area contributed by atoms with E-state index in [1.165, 1.54) is 38.6 Å². The van der Waals surface area contributed by atoms with Crippen molar-refractivity contribution in [2.75, 3.05) is 6.54 Å². The Morgan fingerprint density at radius 3 is 2.40 bits per heavy atom. The van der Waals surface area contributed by atoms with E-state index in [2.05, 4.69) is 11.8 Å². The number of hydrogen-bond acceptors (Lipinski definition) is 2. The van der Waals surface area contributed by atoms with Crippen LogP contribution in [-0.4, -0.2) is 29.4 Å². The number of fused-ring (bicyclic) bond motifs is 2. The number of primary amides is 1. The number of carbonyl (C=O) groups excluding carboxylic acids is 1. The zero-order valence-corrected chi connectivity index (χ0v) is 9.61. The molecule has 2 heterocycles. The molecular formula is C12H22N2O. The van der Waals surface area contributed by atoms with Crippen LogP contribution < -0.4 is 5.73 Å². The first kappa shape index (κ1) is 10.9. The quantitative estimate of drug-likeness (QED) is 0.764. The van der Waals surface area contributed by atoms with Crippen LogP contribution in [0.3, 0.4) is 0 Å². The molecule has 0 radical (unpaired) electrons. The van der Waals surface area contributed by atoms with Gasteiger partial charge in [0.15, 0.2) is 0 Å². The normalized spacial score (nSPS) is 35.7. The highest BCUT2D eigenvalue weighted by atomic mass is 16.1. The molecule has 2 fully saturated rings. The molecule has 0 aromatic rings. The van der Waals surface area contributed by atoms with Crippen molar-refractivity contribution in [1.82, 2.24) is 4.90 Å². The maximum Gasteiger partial charge on any atom is 0.217 e. The number of nitrogens with two attached hydrogens (primary N) is 1. The van der Waals surface area contributed by atoms with Crippen molar-refractivity contribution in [1.29, 1.82) is 0 Å². The van der Waals surface area contributed by atoms with Gasteiger partial charge in [-0.3, -0.25) is 9.69 Å². The molecule has 2 unspecified atom stereocenters. The second-order valence-corrected chi connectivity index (χ2v) is 5.13. The molecule has 2 rings (SSSR count). The van der Waals surface area contributed by atoms with E-state index in [0.29, 0.717) is 12.3 Å². The molecule has 0 saturated carbocycles. The zero-order valence-electron chi connectivity index (χ0n) is 9.61. The van der Waals surface area contributed by atoms with Crippen LogP contribution in [-0.2, 0) is 4.79 Å². The number of rotatable bonds is 4. The lowest BCUT2D eigenvalue weighted by atomic mass is 9.88. The van der Waals surface area contributed by atoms with Crippen molar-refractivity contribution < 1.29 is 4.79 Å². The van der Waals surface area contributed by atoms with Gasteiger partial charge < -0.3 is 5.73 Å². The smallest absolute Gasteiger partial charge is 0.217 e. The van der Waals surface area contributed by atoms with E-state index in [9.17, 15) is 4.79 Å². The Bertz CT molecular complexity index is 228. The summed E-state index contributed by atoms with van der Waals surface area (Å²) in [4.78, 5) is 13.6. The molecule has 2 bridgehead atoms. The first-order valence-electron chi connectivity index (χ1n) is 6.24. The molecule has 0 aromatic carbocycles. The second-order valence-electron chi connectivity index (χ2n) is 5.13. The van der Waals surface area contributed by atoms with Crippen molar-refractivity contribution in [3.63, 3.8) is 0 Å². The van der Waals surface area contributed by atoms with Crippen LogP contribution >= 0.6 is 0 Å². The number of nitrogens with zero attached hydrogens (tertiary/aromatic N) is 1. The third-order valence-electron chi connectivity index (χ3n) is 3.95. The Morgan fingerprint density at radius 1 is 1.33 bits per heavy atom. The van der Waals surface area contributed by atoms with E-state index in [0.717, 1.165) is 12.1 Å². The van der Waals surface area contributed by atoms with Gasteiger partial charge in [0, 0.05) is 18.5 Å². The average molecular weight is 210 g/mol. The van der Waals surface area contributed by atoms with Gasteiger partial charge in [-0.15, -0.1) is 0 Å². The van der Waals surface area contributed by atoms with Crippen molar-refractivity contribution in [3.05, 3.63) is 0 Å². The van der Waals surface area contributed by atoms with Crippen molar-refractivity contribution in [2.45, 2.75) is 57.5 Å². The lowest BCUT2D eigenvalue weighted by Gasteiger charge is -2.38. The van der Waals surface area contributed by atoms with Crippen LogP contribution in [0.1, 0.15) is 45.4 Å². The Morgan fingerprint density at radius 2 is 1.93 bits per heavy atom. The van der Waals surface area contributed by atoms with Crippen molar-refractivity contribution >= 4 is 5.91 Å². The Balaban J connectivity index is 1.92. The standard InChI is InChI=1S/C12H22N2O/c1-2-5-14-10-3-4-11(14)7-9(6-10)8-12(13)15/h9-11H,2-8H2,1H3,(H2,13,15). The SMILES string of the molecule is CCCN1C2CCC1CC(CC(N)=O)C2. The number of hydrogen-bond donors (Lipinski definition) is 1. The molecule has 2 aliphatic heterocycles. The third kappa shape index (κ3) is 2.33. The molecule has 2 saturated heterocycles. The Hall–Kier alpha value is -0.570. The zero-order chi connectivity index (χ0) is 10.8. The molecule has 2 atom stereocenters. The Kier molecular flexibility index (Phi) is 3.29. The van der Waals surface area contributed by atoms with Gasteiger partial charge in [0.2, 0.25) is 5.91 Å². The van der Waals surface area contributed by atoms with Crippen molar-refractivity contribution in [2.24, 2.45) is 11.7 Å². The highest BCUT2D eigenvalue weighted by Crippen LogP contribution is 2.39. The fourth-order valence-corrected chi connectivity index (χ4v) is 3.46. The minimum absolute atomic E-state index is 0.122. The van der Waals surface area contributed by atoms with Crippen molar-refractivity contribution in [3.8, 4) is 0 Å². The van der Waals surface area contributed by atoms with Crippen LogP contribution in [0.2, 0.25) is 0 Å². The molecular weight excluding hydrogens is 188 g/mol. The van der Waals surface area contributed by atoms with Crippen LogP contribution in [0.5, 0.6) is 0 Å². The Labute approximate surface area is 92.0 Å². The second kappa shape index (κ2) is 4.52. The first-order chi connectivity index (χ1) is 7.20. The van der Waals surface area contributed by atoms with Gasteiger partial charge in [-0.1, -0.05) is 6.92 Å². The molecule has 0 aliphatic carbocycles. The van der Waals surface area contributed by atoms with Gasteiger partial charge in [-0.25, -0.2) is 0 Å². The fourth-order valence-electron chi connectivity index (χ4n) is 3.46. The van der Waals surface area contributed by atoms with E-state index < -0.39 is 0 Å². The van der Waals surface area contributed by atoms with Crippen LogP contribution in [0.25, 0.3) is 0 Å². The topological polar surface area (TPSA) is 46.3 Å². The number of amides is 1. The van der Waals surface area contributed by atoms with Gasteiger partial charge in [-0.05, 0) is 44.6 Å². The first-order valence-corrected chi connectivity index (χ1v) is 6.24. The van der Waals surface area contributed by atoms with E-state index in [4.69, 9.17) is 5.73 Å². The van der Waals surface area contributed by atoms with E-state index in [1.54, 1.807) is 0 Å². The lowest BCUT2D eigenvalue weighted by molar-refractivity contribution is -0.119. The average Bonchev–Trinajstić information content (AvgIpc) is 2.43. The molecule has 0 spiro atoms.